The standard InChI is InChI=1S/C26H19N5.C4H9NO/c1-18-26(31-17-3-2-4-25(31)29-18)22-10-12-24(27)30-23(22)11-7-19-5-8-20(9-6-19)21-13-15-28-16-14-21;1-4(3-6)5-2/h2-6,8-10,12-17H,1H3,(H2,27,30);3-5H,1-2H3. The van der Waals surface area contributed by atoms with Crippen molar-refractivity contribution in [3.05, 3.63) is 102 Å². The van der Waals surface area contributed by atoms with Gasteiger partial charge in [-0.2, -0.15) is 0 Å². The van der Waals surface area contributed by atoms with Crippen molar-refractivity contribution in [1.29, 1.82) is 0 Å². The molecule has 4 aromatic heterocycles. The van der Waals surface area contributed by atoms with Gasteiger partial charge in [0.15, 0.2) is 0 Å². The van der Waals surface area contributed by atoms with E-state index in [1.54, 1.807) is 32.4 Å². The van der Waals surface area contributed by atoms with Gasteiger partial charge in [0, 0.05) is 29.7 Å². The summed E-state index contributed by atoms with van der Waals surface area (Å²) >= 11 is 0. The number of fused-ring (bicyclic) bond motifs is 1. The number of hydrogen-bond acceptors (Lipinski definition) is 6. The average Bonchev–Trinajstić information content (AvgIpc) is 3.28. The molecule has 5 aromatic rings. The summed E-state index contributed by atoms with van der Waals surface area (Å²) in [6.07, 6.45) is 6.44. The Hall–Kier alpha value is -4.80. The van der Waals surface area contributed by atoms with Crippen LogP contribution < -0.4 is 11.1 Å². The number of nitrogens with zero attached hydrogens (tertiary/aromatic N) is 4. The van der Waals surface area contributed by atoms with E-state index < -0.39 is 0 Å². The van der Waals surface area contributed by atoms with Crippen LogP contribution in [0.5, 0.6) is 0 Å². The molecular weight excluding hydrogens is 460 g/mol. The molecular formula is C30H28N6O. The zero-order valence-electron chi connectivity index (χ0n) is 21.0. The number of anilines is 1. The van der Waals surface area contributed by atoms with Crippen molar-refractivity contribution >= 4 is 17.8 Å². The number of rotatable bonds is 4. The number of nitrogens with two attached hydrogens (primary N) is 1. The highest BCUT2D eigenvalue weighted by Crippen LogP contribution is 2.27. The van der Waals surface area contributed by atoms with Gasteiger partial charge >= 0.3 is 0 Å². The van der Waals surface area contributed by atoms with Crippen LogP contribution >= 0.6 is 0 Å². The molecule has 0 aliphatic carbocycles. The molecule has 1 unspecified atom stereocenters. The molecule has 7 heteroatoms. The van der Waals surface area contributed by atoms with Crippen LogP contribution in [-0.2, 0) is 4.79 Å². The first kappa shape index (κ1) is 25.3. The summed E-state index contributed by atoms with van der Waals surface area (Å²) in [4.78, 5) is 22.9. The van der Waals surface area contributed by atoms with Gasteiger partial charge in [-0.05, 0) is 86.5 Å². The average molecular weight is 489 g/mol. The maximum atomic E-state index is 9.67. The predicted molar refractivity (Wildman–Crippen MR) is 148 cm³/mol. The van der Waals surface area contributed by atoms with Crippen molar-refractivity contribution in [2.45, 2.75) is 19.9 Å². The molecule has 1 aromatic carbocycles. The number of hydrogen-bond donors (Lipinski definition) is 2. The Labute approximate surface area is 216 Å². The van der Waals surface area contributed by atoms with Crippen LogP contribution in [0.25, 0.3) is 28.0 Å². The molecule has 0 spiro atoms. The van der Waals surface area contributed by atoms with Gasteiger partial charge in [-0.1, -0.05) is 24.1 Å². The number of aromatic nitrogens is 4. The molecule has 0 saturated heterocycles. The van der Waals surface area contributed by atoms with Gasteiger partial charge in [0.1, 0.15) is 23.4 Å². The number of nitrogen functional groups attached to an aromatic ring is 1. The largest absolute Gasteiger partial charge is 0.384 e. The Balaban J connectivity index is 0.000000480. The molecule has 0 saturated carbocycles. The fourth-order valence-corrected chi connectivity index (χ4v) is 3.69. The zero-order valence-corrected chi connectivity index (χ0v) is 21.0. The van der Waals surface area contributed by atoms with Crippen LogP contribution in [0.3, 0.4) is 0 Å². The summed E-state index contributed by atoms with van der Waals surface area (Å²) in [6, 6.07) is 21.8. The van der Waals surface area contributed by atoms with Crippen molar-refractivity contribution in [3.63, 3.8) is 0 Å². The molecule has 0 aliphatic heterocycles. The number of benzene rings is 1. The number of aryl methyl sites for hydroxylation is 1. The Morgan fingerprint density at radius 3 is 2.35 bits per heavy atom. The molecule has 7 nitrogen and oxygen atoms in total. The Morgan fingerprint density at radius 1 is 0.946 bits per heavy atom. The third kappa shape index (κ3) is 6.07. The number of nitrogens with one attached hydrogen (secondary N) is 1. The minimum Gasteiger partial charge on any atom is -0.384 e. The lowest BCUT2D eigenvalue weighted by atomic mass is 10.0. The highest BCUT2D eigenvalue weighted by molar-refractivity contribution is 5.73. The van der Waals surface area contributed by atoms with Crippen molar-refractivity contribution in [1.82, 2.24) is 24.7 Å². The van der Waals surface area contributed by atoms with Crippen molar-refractivity contribution in [2.75, 3.05) is 12.8 Å². The molecule has 0 aliphatic rings. The second kappa shape index (κ2) is 11.8. The third-order valence-corrected chi connectivity index (χ3v) is 5.76. The molecule has 0 radical (unpaired) electrons. The molecule has 4 heterocycles. The van der Waals surface area contributed by atoms with Crippen molar-refractivity contribution < 1.29 is 4.79 Å². The molecule has 184 valence electrons. The summed E-state index contributed by atoms with van der Waals surface area (Å²) in [5.74, 6) is 6.88. The topological polar surface area (TPSA) is 98.2 Å². The fourth-order valence-electron chi connectivity index (χ4n) is 3.69. The smallest absolute Gasteiger partial charge is 0.137 e. The summed E-state index contributed by atoms with van der Waals surface area (Å²) < 4.78 is 2.05. The van der Waals surface area contributed by atoms with E-state index in [0.717, 1.165) is 45.6 Å². The van der Waals surface area contributed by atoms with Gasteiger partial charge in [-0.25, -0.2) is 9.97 Å². The SMILES string of the molecule is CNC(C)C=O.Cc1nc2ccccn2c1-c1ccc(N)nc1C#Cc1ccc(-c2ccncc2)cc1. The van der Waals surface area contributed by atoms with Crippen LogP contribution in [0.1, 0.15) is 23.9 Å². The second-order valence-corrected chi connectivity index (χ2v) is 8.38. The number of carbonyl (C=O) groups is 1. The minimum atomic E-state index is 0.00463. The van der Waals surface area contributed by atoms with Crippen LogP contribution in [0.15, 0.2) is 85.3 Å². The molecule has 3 N–H and O–H groups in total. The minimum absolute atomic E-state index is 0.00463. The molecule has 5 rings (SSSR count). The Bertz CT molecular complexity index is 1560. The van der Waals surface area contributed by atoms with E-state index in [2.05, 4.69) is 48.6 Å². The van der Waals surface area contributed by atoms with E-state index in [4.69, 9.17) is 5.73 Å². The van der Waals surface area contributed by atoms with Gasteiger partial charge in [-0.3, -0.25) is 9.38 Å². The van der Waals surface area contributed by atoms with E-state index in [9.17, 15) is 4.79 Å². The lowest BCUT2D eigenvalue weighted by molar-refractivity contribution is -0.109. The van der Waals surface area contributed by atoms with E-state index in [1.807, 2.05) is 61.7 Å². The molecule has 0 bridgehead atoms. The number of likely N-dealkylation sites (N-methyl/N-ethyl adjacent to an activating group) is 1. The van der Waals surface area contributed by atoms with Crippen LogP contribution in [0.2, 0.25) is 0 Å². The monoisotopic (exact) mass is 488 g/mol. The summed E-state index contributed by atoms with van der Waals surface area (Å²) in [6.45, 7) is 3.79. The van der Waals surface area contributed by atoms with E-state index in [0.29, 0.717) is 11.5 Å². The van der Waals surface area contributed by atoms with E-state index >= 15 is 0 Å². The first-order chi connectivity index (χ1) is 18.0. The summed E-state index contributed by atoms with van der Waals surface area (Å²) in [5.41, 5.74) is 13.4. The van der Waals surface area contributed by atoms with Crippen LogP contribution in [0, 0.1) is 18.8 Å². The zero-order chi connectivity index (χ0) is 26.2. The van der Waals surface area contributed by atoms with Gasteiger partial charge in [0.25, 0.3) is 0 Å². The molecule has 1 atom stereocenters. The first-order valence-electron chi connectivity index (χ1n) is 11.9. The third-order valence-electron chi connectivity index (χ3n) is 5.76. The normalized spacial score (nSPS) is 11.1. The van der Waals surface area contributed by atoms with Crippen LogP contribution in [-0.4, -0.2) is 38.7 Å². The molecule has 0 fully saturated rings. The Morgan fingerprint density at radius 2 is 1.68 bits per heavy atom. The van der Waals surface area contributed by atoms with Crippen LogP contribution in [0.4, 0.5) is 5.82 Å². The van der Waals surface area contributed by atoms with Gasteiger partial charge in [0.2, 0.25) is 0 Å². The lowest BCUT2D eigenvalue weighted by Crippen LogP contribution is -2.21. The maximum absolute atomic E-state index is 9.67. The number of pyridine rings is 3. The summed E-state index contributed by atoms with van der Waals surface area (Å²) in [7, 11) is 1.75. The fraction of sp³-hybridized carbons (Fsp3) is 0.133. The van der Waals surface area contributed by atoms with Crippen molar-refractivity contribution in [3.8, 4) is 34.2 Å². The maximum Gasteiger partial charge on any atom is 0.137 e. The first-order valence-corrected chi connectivity index (χ1v) is 11.9. The highest BCUT2D eigenvalue weighted by atomic mass is 16.1. The second-order valence-electron chi connectivity index (χ2n) is 8.38. The van der Waals surface area contributed by atoms with Gasteiger partial charge < -0.3 is 15.8 Å². The summed E-state index contributed by atoms with van der Waals surface area (Å²) in [5, 5.41) is 2.75. The predicted octanol–water partition coefficient (Wildman–Crippen LogP) is 4.54. The number of carbonyl (C=O) groups excluding carboxylic acids is 1. The van der Waals surface area contributed by atoms with Gasteiger partial charge in [-0.15, -0.1) is 0 Å². The molecule has 37 heavy (non-hydrogen) atoms. The van der Waals surface area contributed by atoms with Crippen molar-refractivity contribution in [2.24, 2.45) is 0 Å². The lowest BCUT2D eigenvalue weighted by Gasteiger charge is -2.07. The number of imidazole rings is 1. The van der Waals surface area contributed by atoms with E-state index in [1.165, 1.54) is 0 Å². The highest BCUT2D eigenvalue weighted by Gasteiger charge is 2.14. The van der Waals surface area contributed by atoms with E-state index in [-0.39, 0.29) is 6.04 Å². The number of aldehydes is 1. The Kier molecular flexibility index (Phi) is 8.04. The molecule has 0 amide bonds. The van der Waals surface area contributed by atoms with Gasteiger partial charge in [0.05, 0.1) is 17.4 Å². The quantitative estimate of drug-likeness (QED) is 0.285.